The summed E-state index contributed by atoms with van der Waals surface area (Å²) in [6.45, 7) is 9.12. The van der Waals surface area contributed by atoms with Crippen molar-refractivity contribution in [2.75, 3.05) is 0 Å². The van der Waals surface area contributed by atoms with Gasteiger partial charge in [-0.25, -0.2) is 4.57 Å². The molecule has 0 N–H and O–H groups in total. The third kappa shape index (κ3) is 2.95. The molecule has 3 nitrogen and oxygen atoms in total. The number of nitrogens with zero attached hydrogens (tertiary/aromatic N) is 2. The smallest absolute Gasteiger partial charge is 0.334 e. The van der Waals surface area contributed by atoms with Crippen LogP contribution >= 0.6 is 0 Å². The number of benzene rings is 3. The minimum absolute atomic E-state index is 0.0787. The van der Waals surface area contributed by atoms with Crippen LogP contribution in [0.2, 0.25) is 0 Å². The number of aryl methyl sites for hydroxylation is 3. The van der Waals surface area contributed by atoms with Gasteiger partial charge in [0.1, 0.15) is 11.1 Å². The zero-order chi connectivity index (χ0) is 26.5. The fourth-order valence-corrected chi connectivity index (χ4v) is 5.78. The predicted octanol–water partition coefficient (Wildman–Crippen LogP) is 7.59. The van der Waals surface area contributed by atoms with E-state index in [1.807, 2.05) is 18.5 Å². The Morgan fingerprint density at radius 1 is 0.882 bits per heavy atom. The zero-order valence-electron chi connectivity index (χ0n) is 23.8. The van der Waals surface area contributed by atoms with E-state index in [1.54, 1.807) is 12.3 Å². The number of hydrogen-bond donors (Lipinski definition) is 0. The molecular weight excluding hydrogens is 416 g/mol. The van der Waals surface area contributed by atoms with Gasteiger partial charge in [0.15, 0.2) is 11.3 Å². The van der Waals surface area contributed by atoms with Crippen molar-refractivity contribution in [3.63, 3.8) is 0 Å². The van der Waals surface area contributed by atoms with Gasteiger partial charge in [-0.1, -0.05) is 52.0 Å². The maximum atomic E-state index is 7.87. The molecule has 172 valence electrons. The first-order chi connectivity index (χ1) is 17.3. The molecule has 0 saturated carbocycles. The standard InChI is InChI=1S/C31H33N2O/c1-18-8-10-22-21-11-9-20-16-24-25(31(5,6)14-13-30(24,3)4)17-23(20)27(21)34-28(22)26(18)29-32-19(2)12-15-33(29)7/h8-12,15-17H,13-14H2,1-7H3/q+1/i2D3. The van der Waals surface area contributed by atoms with Crippen LogP contribution in [-0.4, -0.2) is 4.98 Å². The second-order valence-electron chi connectivity index (χ2n) is 11.3. The van der Waals surface area contributed by atoms with Crippen LogP contribution in [0.3, 0.4) is 0 Å². The highest BCUT2D eigenvalue weighted by Gasteiger charge is 2.37. The van der Waals surface area contributed by atoms with Gasteiger partial charge in [-0.3, -0.25) is 0 Å². The van der Waals surface area contributed by atoms with Crippen molar-refractivity contribution in [2.45, 2.75) is 65.1 Å². The van der Waals surface area contributed by atoms with Crippen molar-refractivity contribution < 1.29 is 13.1 Å². The largest absolute Gasteiger partial charge is 0.454 e. The molecule has 1 aliphatic rings. The van der Waals surface area contributed by atoms with Gasteiger partial charge in [-0.05, 0) is 69.8 Å². The van der Waals surface area contributed by atoms with E-state index in [2.05, 4.69) is 69.1 Å². The van der Waals surface area contributed by atoms with E-state index in [-0.39, 0.29) is 16.5 Å². The van der Waals surface area contributed by atoms with Gasteiger partial charge in [-0.15, -0.1) is 0 Å². The molecule has 0 fully saturated rings. The molecule has 0 bridgehead atoms. The minimum atomic E-state index is -2.28. The van der Waals surface area contributed by atoms with E-state index in [4.69, 9.17) is 8.53 Å². The van der Waals surface area contributed by atoms with Crippen LogP contribution in [0, 0.1) is 13.8 Å². The van der Waals surface area contributed by atoms with Gasteiger partial charge in [0.2, 0.25) is 0 Å². The van der Waals surface area contributed by atoms with Crippen molar-refractivity contribution in [2.24, 2.45) is 7.05 Å². The van der Waals surface area contributed by atoms with Crippen molar-refractivity contribution in [1.82, 2.24) is 4.98 Å². The predicted molar refractivity (Wildman–Crippen MR) is 140 cm³/mol. The topological polar surface area (TPSA) is 29.9 Å². The van der Waals surface area contributed by atoms with Crippen LogP contribution in [0.5, 0.6) is 0 Å². The second kappa shape index (κ2) is 6.91. The summed E-state index contributed by atoms with van der Waals surface area (Å²) in [6.07, 6.45) is 4.09. The quantitative estimate of drug-likeness (QED) is 0.245. The van der Waals surface area contributed by atoms with Gasteiger partial charge < -0.3 is 4.42 Å². The van der Waals surface area contributed by atoms with Crippen LogP contribution in [0.1, 0.15) is 67.0 Å². The maximum absolute atomic E-state index is 7.87. The SMILES string of the molecule is [2H]C([2H])([2H])c1cc[n+](C)c(-c2c(C)ccc3c2oc2c4cc5c(cc4ccc32)C(C)(C)CCC5(C)C)n1. The van der Waals surface area contributed by atoms with Crippen LogP contribution in [0.25, 0.3) is 44.1 Å². The first-order valence-electron chi connectivity index (χ1n) is 13.6. The molecule has 0 aliphatic heterocycles. The summed E-state index contributed by atoms with van der Waals surface area (Å²) in [5.74, 6) is 0.584. The van der Waals surface area contributed by atoms with Crippen molar-refractivity contribution in [3.05, 3.63) is 71.0 Å². The van der Waals surface area contributed by atoms with Gasteiger partial charge in [0, 0.05) is 33.2 Å². The third-order valence-electron chi connectivity index (χ3n) is 8.04. The maximum Gasteiger partial charge on any atom is 0.334 e. The fraction of sp³-hybridized carbons (Fsp3) is 0.355. The van der Waals surface area contributed by atoms with Crippen molar-refractivity contribution in [1.29, 1.82) is 0 Å². The molecule has 2 aromatic heterocycles. The molecule has 1 aliphatic carbocycles. The number of hydrogen-bond acceptors (Lipinski definition) is 2. The van der Waals surface area contributed by atoms with E-state index < -0.39 is 6.85 Å². The summed E-state index contributed by atoms with van der Waals surface area (Å²) < 4.78 is 32.2. The number of fused-ring (bicyclic) bond motifs is 6. The Kier molecular flexibility index (Phi) is 3.69. The first kappa shape index (κ1) is 18.2. The van der Waals surface area contributed by atoms with Crippen molar-refractivity contribution >= 4 is 32.7 Å². The molecule has 0 atom stereocenters. The van der Waals surface area contributed by atoms with Gasteiger partial charge in [0.05, 0.1) is 13.2 Å². The van der Waals surface area contributed by atoms with Gasteiger partial charge in [-0.2, -0.15) is 0 Å². The molecule has 0 spiro atoms. The molecule has 5 aromatic rings. The van der Waals surface area contributed by atoms with E-state index in [0.717, 1.165) is 44.9 Å². The van der Waals surface area contributed by atoms with E-state index >= 15 is 0 Å². The normalized spacial score (nSPS) is 18.6. The summed E-state index contributed by atoms with van der Waals surface area (Å²) >= 11 is 0. The van der Waals surface area contributed by atoms with Crippen LogP contribution in [-0.2, 0) is 17.9 Å². The highest BCUT2D eigenvalue weighted by molar-refractivity contribution is 6.17. The zero-order valence-corrected chi connectivity index (χ0v) is 20.8. The molecular formula is C31H33N2O+. The lowest BCUT2D eigenvalue weighted by atomic mass is 9.63. The molecule has 6 rings (SSSR count). The minimum Gasteiger partial charge on any atom is -0.454 e. The molecule has 0 saturated heterocycles. The van der Waals surface area contributed by atoms with Gasteiger partial charge in [0.25, 0.3) is 0 Å². The molecule has 3 aromatic carbocycles. The summed E-state index contributed by atoms with van der Waals surface area (Å²) in [5.41, 5.74) is 6.58. The van der Waals surface area contributed by atoms with Crippen LogP contribution in [0.4, 0.5) is 0 Å². The fourth-order valence-electron chi connectivity index (χ4n) is 5.78. The van der Waals surface area contributed by atoms with E-state index in [1.165, 1.54) is 22.9 Å². The van der Waals surface area contributed by atoms with Gasteiger partial charge >= 0.3 is 5.82 Å². The Morgan fingerprint density at radius 3 is 2.29 bits per heavy atom. The molecule has 3 heteroatoms. The second-order valence-corrected chi connectivity index (χ2v) is 11.3. The van der Waals surface area contributed by atoms with Crippen molar-refractivity contribution in [3.8, 4) is 11.4 Å². The lowest BCUT2D eigenvalue weighted by Crippen LogP contribution is -2.33. The Bertz CT molecular complexity index is 1740. The lowest BCUT2D eigenvalue weighted by Gasteiger charge is -2.42. The lowest BCUT2D eigenvalue weighted by molar-refractivity contribution is -0.663. The Morgan fingerprint density at radius 2 is 1.56 bits per heavy atom. The summed E-state index contributed by atoms with van der Waals surface area (Å²) in [6, 6.07) is 14.8. The van der Waals surface area contributed by atoms with Crippen LogP contribution in [0.15, 0.2) is 53.1 Å². The number of rotatable bonds is 1. The summed E-state index contributed by atoms with van der Waals surface area (Å²) in [4.78, 5) is 4.59. The molecule has 2 heterocycles. The summed E-state index contributed by atoms with van der Waals surface area (Å²) in [7, 11) is 1.89. The number of furan rings is 1. The molecule has 0 amide bonds. The average Bonchev–Trinajstić information content (AvgIpc) is 3.20. The highest BCUT2D eigenvalue weighted by atomic mass is 16.3. The molecule has 34 heavy (non-hydrogen) atoms. The molecule has 0 radical (unpaired) electrons. The Hall–Kier alpha value is -3.20. The highest BCUT2D eigenvalue weighted by Crippen LogP contribution is 2.48. The third-order valence-corrected chi connectivity index (χ3v) is 8.04. The van der Waals surface area contributed by atoms with E-state index in [0.29, 0.717) is 5.82 Å². The van der Waals surface area contributed by atoms with E-state index in [9.17, 15) is 0 Å². The Balaban J connectivity index is 1.69. The average molecular weight is 453 g/mol. The monoisotopic (exact) mass is 452 g/mol. The summed E-state index contributed by atoms with van der Waals surface area (Å²) in [5, 5.41) is 4.37. The Labute approximate surface area is 205 Å². The van der Waals surface area contributed by atoms with Crippen LogP contribution < -0.4 is 4.57 Å². The number of aromatic nitrogens is 2. The first-order valence-corrected chi connectivity index (χ1v) is 12.1. The molecule has 0 unspecified atom stereocenters.